The lowest BCUT2D eigenvalue weighted by Crippen LogP contribution is -2.13. The predicted molar refractivity (Wildman–Crippen MR) is 125 cm³/mol. The van der Waals surface area contributed by atoms with Crippen molar-refractivity contribution in [1.29, 1.82) is 0 Å². The summed E-state index contributed by atoms with van der Waals surface area (Å²) in [7, 11) is 0. The Labute approximate surface area is 196 Å². The van der Waals surface area contributed by atoms with Gasteiger partial charge < -0.3 is 10.6 Å². The van der Waals surface area contributed by atoms with E-state index in [-0.39, 0.29) is 17.3 Å². The van der Waals surface area contributed by atoms with Crippen LogP contribution in [0.4, 0.5) is 15.8 Å². The van der Waals surface area contributed by atoms with E-state index < -0.39 is 11.7 Å². The normalized spacial score (nSPS) is 10.7. The van der Waals surface area contributed by atoms with Gasteiger partial charge in [0, 0.05) is 18.1 Å². The number of rotatable bonds is 6. The van der Waals surface area contributed by atoms with Crippen LogP contribution in [-0.4, -0.2) is 36.4 Å². The first-order valence-corrected chi connectivity index (χ1v) is 10.9. The fourth-order valence-corrected chi connectivity index (χ4v) is 4.05. The highest BCUT2D eigenvalue weighted by Gasteiger charge is 2.16. The average Bonchev–Trinajstić information content (AvgIpc) is 3.62. The van der Waals surface area contributed by atoms with Crippen molar-refractivity contribution in [3.8, 4) is 11.4 Å². The number of hydrogen-bond donors (Lipinski definition) is 2. The fourth-order valence-electron chi connectivity index (χ4n) is 3.25. The summed E-state index contributed by atoms with van der Waals surface area (Å²) in [6.07, 6.45) is 6.11. The minimum absolute atomic E-state index is 0.209. The minimum Gasteiger partial charge on any atom is -0.321 e. The van der Waals surface area contributed by atoms with Gasteiger partial charge in [-0.05, 0) is 48.5 Å². The predicted octanol–water partition coefficient (Wildman–Crippen LogP) is 4.16. The van der Waals surface area contributed by atoms with E-state index in [0.29, 0.717) is 21.1 Å². The molecule has 0 bridgehead atoms. The van der Waals surface area contributed by atoms with E-state index >= 15 is 0 Å². The van der Waals surface area contributed by atoms with Crippen LogP contribution in [0.25, 0.3) is 11.4 Å². The maximum absolute atomic E-state index is 14.4. The summed E-state index contributed by atoms with van der Waals surface area (Å²) in [4.78, 5) is 29.9. The standard InChI is InChI=1S/C23H16FN7O2S/c24-16-12-15(6-7-18(16)31-14-25-13-27-31)28-22(32)20-8-9-21(34-20)23(33)29-17-4-1-2-5-19(17)30-11-3-10-26-30/h1-14H,(H,28,32)(H,29,33). The van der Waals surface area contributed by atoms with E-state index in [0.717, 1.165) is 11.3 Å². The number of carbonyl (C=O) groups excluding carboxylic acids is 2. The van der Waals surface area contributed by atoms with Crippen molar-refractivity contribution in [2.75, 3.05) is 10.6 Å². The van der Waals surface area contributed by atoms with E-state index in [1.54, 1.807) is 47.4 Å². The lowest BCUT2D eigenvalue weighted by atomic mass is 10.2. The molecular formula is C23H16FN7O2S. The molecule has 0 unspecified atom stereocenters. The zero-order chi connectivity index (χ0) is 23.5. The Balaban J connectivity index is 1.28. The van der Waals surface area contributed by atoms with Crippen LogP contribution in [0.2, 0.25) is 0 Å². The molecule has 34 heavy (non-hydrogen) atoms. The van der Waals surface area contributed by atoms with Crippen LogP contribution < -0.4 is 10.6 Å². The van der Waals surface area contributed by atoms with Crippen LogP contribution in [-0.2, 0) is 0 Å². The first-order chi connectivity index (χ1) is 16.6. The summed E-state index contributed by atoms with van der Waals surface area (Å²) in [5.41, 5.74) is 1.78. The molecule has 0 atom stereocenters. The molecule has 9 nitrogen and oxygen atoms in total. The Morgan fingerprint density at radius 2 is 1.65 bits per heavy atom. The summed E-state index contributed by atoms with van der Waals surface area (Å²) in [6, 6.07) is 16.4. The van der Waals surface area contributed by atoms with E-state index in [2.05, 4.69) is 25.8 Å². The first-order valence-electron chi connectivity index (χ1n) is 10.0. The molecule has 0 saturated heterocycles. The molecule has 0 spiro atoms. The van der Waals surface area contributed by atoms with Crippen LogP contribution in [0.3, 0.4) is 0 Å². The largest absolute Gasteiger partial charge is 0.321 e. The first kappa shape index (κ1) is 21.2. The molecule has 2 aromatic carbocycles. The highest BCUT2D eigenvalue weighted by atomic mass is 32.1. The number of nitrogens with one attached hydrogen (secondary N) is 2. The second kappa shape index (κ2) is 9.08. The maximum Gasteiger partial charge on any atom is 0.265 e. The summed E-state index contributed by atoms with van der Waals surface area (Å²) in [5, 5.41) is 13.6. The highest BCUT2D eigenvalue weighted by Crippen LogP contribution is 2.24. The van der Waals surface area contributed by atoms with Crippen molar-refractivity contribution in [3.63, 3.8) is 0 Å². The second-order valence-corrected chi connectivity index (χ2v) is 8.13. The highest BCUT2D eigenvalue weighted by molar-refractivity contribution is 7.16. The van der Waals surface area contributed by atoms with E-state index in [1.807, 2.05) is 18.2 Å². The third-order valence-electron chi connectivity index (χ3n) is 4.83. The van der Waals surface area contributed by atoms with Gasteiger partial charge in [0.25, 0.3) is 11.8 Å². The van der Waals surface area contributed by atoms with Crippen LogP contribution in [0.15, 0.2) is 85.7 Å². The van der Waals surface area contributed by atoms with E-state index in [1.165, 1.54) is 29.5 Å². The van der Waals surface area contributed by atoms with Crippen LogP contribution >= 0.6 is 11.3 Å². The number of thiophene rings is 1. The van der Waals surface area contributed by atoms with Crippen molar-refractivity contribution in [1.82, 2.24) is 24.5 Å². The lowest BCUT2D eigenvalue weighted by Gasteiger charge is -2.10. The van der Waals surface area contributed by atoms with Gasteiger partial charge in [-0.2, -0.15) is 10.2 Å². The van der Waals surface area contributed by atoms with Gasteiger partial charge in [0.1, 0.15) is 18.3 Å². The number of amides is 2. The Hall–Kier alpha value is -4.64. The van der Waals surface area contributed by atoms with Crippen molar-refractivity contribution in [2.24, 2.45) is 0 Å². The number of hydrogen-bond acceptors (Lipinski definition) is 6. The van der Waals surface area contributed by atoms with Gasteiger partial charge in [-0.1, -0.05) is 12.1 Å². The smallest absolute Gasteiger partial charge is 0.265 e. The van der Waals surface area contributed by atoms with Gasteiger partial charge >= 0.3 is 0 Å². The third kappa shape index (κ3) is 4.32. The monoisotopic (exact) mass is 473 g/mol. The number of benzene rings is 2. The molecular weight excluding hydrogens is 457 g/mol. The van der Waals surface area contributed by atoms with Crippen LogP contribution in [0, 0.1) is 5.82 Å². The molecule has 0 radical (unpaired) electrons. The molecule has 0 aliphatic heterocycles. The summed E-state index contributed by atoms with van der Waals surface area (Å²) in [5.74, 6) is -1.37. The van der Waals surface area contributed by atoms with E-state index in [4.69, 9.17) is 0 Å². The van der Waals surface area contributed by atoms with Crippen molar-refractivity contribution in [2.45, 2.75) is 0 Å². The number of anilines is 2. The Morgan fingerprint density at radius 1 is 0.853 bits per heavy atom. The third-order valence-corrected chi connectivity index (χ3v) is 5.91. The summed E-state index contributed by atoms with van der Waals surface area (Å²) >= 11 is 1.03. The van der Waals surface area contributed by atoms with Crippen LogP contribution in [0.1, 0.15) is 19.3 Å². The van der Waals surface area contributed by atoms with Crippen molar-refractivity contribution < 1.29 is 14.0 Å². The lowest BCUT2D eigenvalue weighted by molar-refractivity contribution is 0.102. The van der Waals surface area contributed by atoms with Gasteiger partial charge in [0.15, 0.2) is 5.82 Å². The topological polar surface area (TPSA) is 107 Å². The molecule has 5 aromatic rings. The fraction of sp³-hybridized carbons (Fsp3) is 0. The second-order valence-electron chi connectivity index (χ2n) is 7.05. The molecule has 11 heteroatoms. The zero-order valence-corrected chi connectivity index (χ0v) is 18.2. The number of para-hydroxylation sites is 2. The molecule has 168 valence electrons. The number of halogens is 1. The van der Waals surface area contributed by atoms with E-state index in [9.17, 15) is 14.0 Å². The Kier molecular flexibility index (Phi) is 5.67. The molecule has 2 amide bonds. The summed E-state index contributed by atoms with van der Waals surface area (Å²) < 4.78 is 17.4. The van der Waals surface area contributed by atoms with Gasteiger partial charge in [-0.3, -0.25) is 9.59 Å². The number of aromatic nitrogens is 5. The molecule has 5 rings (SSSR count). The molecule has 0 aliphatic rings. The number of nitrogens with zero attached hydrogens (tertiary/aromatic N) is 5. The summed E-state index contributed by atoms with van der Waals surface area (Å²) in [6.45, 7) is 0. The van der Waals surface area contributed by atoms with Gasteiger partial charge in [0.05, 0.1) is 21.1 Å². The average molecular weight is 473 g/mol. The SMILES string of the molecule is O=C(Nc1ccc(-n2cncn2)c(F)c1)c1ccc(C(=O)Nc2ccccc2-n2cccn2)s1. The van der Waals surface area contributed by atoms with Crippen molar-refractivity contribution >= 4 is 34.5 Å². The minimum atomic E-state index is -0.564. The molecule has 2 N–H and O–H groups in total. The maximum atomic E-state index is 14.4. The zero-order valence-electron chi connectivity index (χ0n) is 17.4. The van der Waals surface area contributed by atoms with Crippen LogP contribution in [0.5, 0.6) is 0 Å². The molecule has 3 heterocycles. The van der Waals surface area contributed by atoms with Crippen molar-refractivity contribution in [3.05, 3.63) is 101 Å². The quantitative estimate of drug-likeness (QED) is 0.385. The molecule has 0 aliphatic carbocycles. The van der Waals surface area contributed by atoms with Gasteiger partial charge in [-0.25, -0.2) is 18.7 Å². The number of carbonyl (C=O) groups is 2. The van der Waals surface area contributed by atoms with Gasteiger partial charge in [0.2, 0.25) is 0 Å². The molecule has 3 aromatic heterocycles. The Morgan fingerprint density at radius 3 is 2.35 bits per heavy atom. The van der Waals surface area contributed by atoms with Gasteiger partial charge in [-0.15, -0.1) is 11.3 Å². The Bertz CT molecular complexity index is 1460. The molecule has 0 fully saturated rings. The molecule has 0 saturated carbocycles.